The molecule has 2 rings (SSSR count). The third-order valence-corrected chi connectivity index (χ3v) is 4.60. The standard InChI is InChI=1S/C17H22F2N4S.HI/c1-4-20-17(21-8-7-16-23-11(2)12(3)24-16)22-10-13-9-14(18)5-6-15(13)19;/h5-6,9H,4,7-8,10H2,1-3H3,(H2,20,21,22);1H. The molecule has 0 radical (unpaired) electrons. The monoisotopic (exact) mass is 480 g/mol. The quantitative estimate of drug-likeness (QED) is 0.374. The van der Waals surface area contributed by atoms with Crippen LogP contribution in [0.25, 0.3) is 0 Å². The molecule has 2 aromatic rings. The molecule has 0 aliphatic heterocycles. The van der Waals surface area contributed by atoms with Crippen LogP contribution < -0.4 is 10.6 Å². The van der Waals surface area contributed by atoms with Crippen LogP contribution >= 0.6 is 35.3 Å². The van der Waals surface area contributed by atoms with Crippen LogP contribution in [-0.2, 0) is 13.0 Å². The van der Waals surface area contributed by atoms with E-state index in [0.717, 1.165) is 29.3 Å². The van der Waals surface area contributed by atoms with E-state index in [9.17, 15) is 8.78 Å². The summed E-state index contributed by atoms with van der Waals surface area (Å²) in [6.45, 7) is 7.45. The van der Waals surface area contributed by atoms with Crippen molar-refractivity contribution in [1.82, 2.24) is 15.6 Å². The molecule has 0 aliphatic rings. The fraction of sp³-hybridized carbons (Fsp3) is 0.412. The van der Waals surface area contributed by atoms with Gasteiger partial charge in [-0.2, -0.15) is 0 Å². The number of nitrogens with one attached hydrogen (secondary N) is 2. The van der Waals surface area contributed by atoms with E-state index in [4.69, 9.17) is 0 Å². The average Bonchev–Trinajstić information content (AvgIpc) is 2.86. The Labute approximate surface area is 168 Å². The number of rotatable bonds is 6. The van der Waals surface area contributed by atoms with Crippen LogP contribution in [0.3, 0.4) is 0 Å². The molecule has 0 amide bonds. The summed E-state index contributed by atoms with van der Waals surface area (Å²) in [6.07, 6.45) is 0.790. The SMILES string of the molecule is CCNC(=NCc1cc(F)ccc1F)NCCc1nc(C)c(C)s1.I. The van der Waals surface area contributed by atoms with Crippen molar-refractivity contribution in [3.63, 3.8) is 0 Å². The van der Waals surface area contributed by atoms with E-state index >= 15 is 0 Å². The Morgan fingerprint density at radius 1 is 1.24 bits per heavy atom. The highest BCUT2D eigenvalue weighted by molar-refractivity contribution is 14.0. The minimum absolute atomic E-state index is 0. The molecule has 1 aromatic heterocycles. The Morgan fingerprint density at radius 2 is 2.00 bits per heavy atom. The summed E-state index contributed by atoms with van der Waals surface area (Å²) in [5, 5.41) is 7.36. The van der Waals surface area contributed by atoms with Gasteiger partial charge in [0, 0.05) is 30.0 Å². The second-order valence-corrected chi connectivity index (χ2v) is 6.64. The minimum atomic E-state index is -0.464. The summed E-state index contributed by atoms with van der Waals surface area (Å²) in [6, 6.07) is 3.39. The van der Waals surface area contributed by atoms with Gasteiger partial charge in [0.1, 0.15) is 11.6 Å². The molecular weight excluding hydrogens is 457 g/mol. The Bertz CT molecular complexity index is 699. The largest absolute Gasteiger partial charge is 0.357 e. The fourth-order valence-corrected chi connectivity index (χ4v) is 3.04. The van der Waals surface area contributed by atoms with Crippen LogP contribution in [0.4, 0.5) is 8.78 Å². The first-order valence-corrected chi connectivity index (χ1v) is 8.70. The average molecular weight is 480 g/mol. The van der Waals surface area contributed by atoms with Crippen LogP contribution in [0, 0.1) is 25.5 Å². The van der Waals surface area contributed by atoms with Crippen molar-refractivity contribution in [3.8, 4) is 0 Å². The molecule has 1 heterocycles. The Balaban J connectivity index is 0.00000312. The van der Waals surface area contributed by atoms with E-state index in [2.05, 4.69) is 27.5 Å². The number of hydrogen-bond donors (Lipinski definition) is 2. The summed E-state index contributed by atoms with van der Waals surface area (Å²) >= 11 is 1.69. The summed E-state index contributed by atoms with van der Waals surface area (Å²) < 4.78 is 26.8. The highest BCUT2D eigenvalue weighted by atomic mass is 127. The maximum absolute atomic E-state index is 13.6. The number of benzene rings is 1. The van der Waals surface area contributed by atoms with Gasteiger partial charge in [0.05, 0.1) is 17.2 Å². The molecular formula is C17H23F2IN4S. The minimum Gasteiger partial charge on any atom is -0.357 e. The molecule has 0 unspecified atom stereocenters. The van der Waals surface area contributed by atoms with Gasteiger partial charge in [-0.05, 0) is 39.0 Å². The predicted molar refractivity (Wildman–Crippen MR) is 110 cm³/mol. The van der Waals surface area contributed by atoms with Crippen molar-refractivity contribution in [3.05, 3.63) is 51.0 Å². The Kier molecular flexibility index (Phi) is 9.26. The molecule has 1 aromatic carbocycles. The van der Waals surface area contributed by atoms with E-state index in [-0.39, 0.29) is 36.1 Å². The van der Waals surface area contributed by atoms with Crippen LogP contribution in [-0.4, -0.2) is 24.0 Å². The summed E-state index contributed by atoms with van der Waals surface area (Å²) in [4.78, 5) is 10.0. The summed E-state index contributed by atoms with van der Waals surface area (Å²) in [7, 11) is 0. The van der Waals surface area contributed by atoms with Gasteiger partial charge in [0.15, 0.2) is 5.96 Å². The van der Waals surface area contributed by atoms with Crippen LogP contribution in [0.1, 0.15) is 28.1 Å². The van der Waals surface area contributed by atoms with Crippen molar-refractivity contribution in [1.29, 1.82) is 0 Å². The van der Waals surface area contributed by atoms with Crippen molar-refractivity contribution in [2.24, 2.45) is 4.99 Å². The van der Waals surface area contributed by atoms with Crippen molar-refractivity contribution in [2.75, 3.05) is 13.1 Å². The lowest BCUT2D eigenvalue weighted by molar-refractivity contribution is 0.585. The zero-order valence-electron chi connectivity index (χ0n) is 14.5. The topological polar surface area (TPSA) is 49.3 Å². The number of halogens is 3. The normalized spacial score (nSPS) is 11.2. The van der Waals surface area contributed by atoms with E-state index < -0.39 is 11.6 Å². The van der Waals surface area contributed by atoms with E-state index in [1.54, 1.807) is 11.3 Å². The number of thiazole rings is 1. The van der Waals surface area contributed by atoms with Crippen LogP contribution in [0.15, 0.2) is 23.2 Å². The lowest BCUT2D eigenvalue weighted by Crippen LogP contribution is -2.38. The molecule has 0 saturated heterocycles. The van der Waals surface area contributed by atoms with E-state index in [1.165, 1.54) is 10.9 Å². The lowest BCUT2D eigenvalue weighted by Gasteiger charge is -2.11. The molecule has 2 N–H and O–H groups in total. The maximum atomic E-state index is 13.6. The van der Waals surface area contributed by atoms with Gasteiger partial charge in [-0.25, -0.2) is 18.8 Å². The van der Waals surface area contributed by atoms with Gasteiger partial charge in [0.25, 0.3) is 0 Å². The number of guanidine groups is 1. The Hall–Kier alpha value is -1.29. The van der Waals surface area contributed by atoms with Gasteiger partial charge >= 0.3 is 0 Å². The molecule has 0 saturated carbocycles. The smallest absolute Gasteiger partial charge is 0.191 e. The molecule has 0 fully saturated rings. The highest BCUT2D eigenvalue weighted by Gasteiger charge is 2.06. The first kappa shape index (κ1) is 21.8. The number of aliphatic imine (C=N–C) groups is 1. The van der Waals surface area contributed by atoms with Crippen molar-refractivity contribution in [2.45, 2.75) is 33.7 Å². The third-order valence-electron chi connectivity index (χ3n) is 3.46. The van der Waals surface area contributed by atoms with E-state index in [0.29, 0.717) is 19.0 Å². The number of hydrogen-bond acceptors (Lipinski definition) is 3. The summed E-state index contributed by atoms with van der Waals surface area (Å²) in [5.41, 5.74) is 1.30. The molecule has 138 valence electrons. The second-order valence-electron chi connectivity index (χ2n) is 5.36. The molecule has 0 atom stereocenters. The van der Waals surface area contributed by atoms with Gasteiger partial charge in [0.2, 0.25) is 0 Å². The van der Waals surface area contributed by atoms with Gasteiger partial charge in [-0.15, -0.1) is 35.3 Å². The lowest BCUT2D eigenvalue weighted by atomic mass is 10.2. The van der Waals surface area contributed by atoms with Crippen LogP contribution in [0.2, 0.25) is 0 Å². The molecule has 25 heavy (non-hydrogen) atoms. The third kappa shape index (κ3) is 6.85. The molecule has 0 spiro atoms. The zero-order valence-corrected chi connectivity index (χ0v) is 17.7. The number of aromatic nitrogens is 1. The maximum Gasteiger partial charge on any atom is 0.191 e. The van der Waals surface area contributed by atoms with Gasteiger partial charge < -0.3 is 10.6 Å². The highest BCUT2D eigenvalue weighted by Crippen LogP contribution is 2.16. The van der Waals surface area contributed by atoms with Crippen molar-refractivity contribution < 1.29 is 8.78 Å². The molecule has 8 heteroatoms. The van der Waals surface area contributed by atoms with E-state index in [1.807, 2.05) is 13.8 Å². The summed E-state index contributed by atoms with van der Waals surface area (Å²) in [5.74, 6) is -0.343. The van der Waals surface area contributed by atoms with Gasteiger partial charge in [-0.3, -0.25) is 0 Å². The predicted octanol–water partition coefficient (Wildman–Crippen LogP) is 3.95. The molecule has 4 nitrogen and oxygen atoms in total. The first-order chi connectivity index (χ1) is 11.5. The molecule has 0 aliphatic carbocycles. The Morgan fingerprint density at radius 3 is 2.64 bits per heavy atom. The first-order valence-electron chi connectivity index (χ1n) is 7.88. The fourth-order valence-electron chi connectivity index (χ4n) is 2.10. The number of aryl methyl sites for hydroxylation is 2. The van der Waals surface area contributed by atoms with Crippen LogP contribution in [0.5, 0.6) is 0 Å². The van der Waals surface area contributed by atoms with Crippen molar-refractivity contribution >= 4 is 41.3 Å². The zero-order chi connectivity index (χ0) is 17.5. The molecule has 0 bridgehead atoms. The second kappa shape index (κ2) is 10.6. The number of nitrogens with zero attached hydrogens (tertiary/aromatic N) is 2. The van der Waals surface area contributed by atoms with Gasteiger partial charge in [-0.1, -0.05) is 0 Å².